The molecule has 5 nitrogen and oxygen atoms in total. The fourth-order valence-corrected chi connectivity index (χ4v) is 4.31. The average Bonchev–Trinajstić information content (AvgIpc) is 2.94. The van der Waals surface area contributed by atoms with Crippen molar-refractivity contribution in [2.45, 2.75) is 51.7 Å². The van der Waals surface area contributed by atoms with E-state index in [9.17, 15) is 18.0 Å². The predicted molar refractivity (Wildman–Crippen MR) is 128 cm³/mol. The normalized spacial score (nSPS) is 15.7. The summed E-state index contributed by atoms with van der Waals surface area (Å²) in [5.74, 6) is 0.736. The van der Waals surface area contributed by atoms with Gasteiger partial charge in [0.2, 0.25) is 0 Å². The topological polar surface area (TPSA) is 56.6 Å². The Morgan fingerprint density at radius 1 is 1.15 bits per heavy atom. The van der Waals surface area contributed by atoms with Crippen molar-refractivity contribution in [3.63, 3.8) is 0 Å². The average molecular weight is 490 g/mol. The molecule has 0 radical (unpaired) electrons. The third-order valence-corrected chi connectivity index (χ3v) is 6.26. The molecule has 34 heavy (non-hydrogen) atoms. The zero-order valence-corrected chi connectivity index (χ0v) is 20.3. The summed E-state index contributed by atoms with van der Waals surface area (Å²) in [4.78, 5) is 15.9. The summed E-state index contributed by atoms with van der Waals surface area (Å²) in [5, 5.41) is 9.15. The van der Waals surface area contributed by atoms with Gasteiger partial charge in [-0.15, -0.1) is 0 Å². The number of nitriles is 1. The molecular weight excluding hydrogens is 463 g/mol. The van der Waals surface area contributed by atoms with Crippen LogP contribution in [0.5, 0.6) is 5.75 Å². The van der Waals surface area contributed by atoms with Gasteiger partial charge in [0.05, 0.1) is 29.5 Å². The van der Waals surface area contributed by atoms with Gasteiger partial charge in [-0.05, 0) is 74.3 Å². The summed E-state index contributed by atoms with van der Waals surface area (Å²) in [6, 6.07) is 12.6. The number of halogens is 3. The molecule has 0 N–H and O–H groups in total. The van der Waals surface area contributed by atoms with Gasteiger partial charge < -0.3 is 9.64 Å². The molecule has 1 aliphatic rings. The minimum atomic E-state index is -4.73. The van der Waals surface area contributed by atoms with E-state index in [0.29, 0.717) is 25.5 Å². The lowest BCUT2D eigenvalue weighted by Crippen LogP contribution is -2.44. The molecule has 180 valence electrons. The van der Waals surface area contributed by atoms with Crippen LogP contribution in [0.2, 0.25) is 0 Å². The first-order valence-electron chi connectivity index (χ1n) is 10.9. The lowest BCUT2D eigenvalue weighted by atomic mass is 10.0. The maximum absolute atomic E-state index is 13.4. The number of carbonyl (C=O) groups excluding carboxylic acids is 1. The van der Waals surface area contributed by atoms with Gasteiger partial charge >= 0.3 is 6.18 Å². The van der Waals surface area contributed by atoms with E-state index in [-0.39, 0.29) is 10.8 Å². The summed E-state index contributed by atoms with van der Waals surface area (Å²) < 4.78 is 46.1. The quantitative estimate of drug-likeness (QED) is 0.359. The van der Waals surface area contributed by atoms with Gasteiger partial charge in [-0.1, -0.05) is 26.0 Å². The second-order valence-electron chi connectivity index (χ2n) is 8.90. The molecule has 1 heterocycles. The van der Waals surface area contributed by atoms with Crippen LogP contribution in [0.3, 0.4) is 0 Å². The molecule has 3 rings (SSSR count). The zero-order chi connectivity index (χ0) is 25.3. The Balaban J connectivity index is 1.72. The van der Waals surface area contributed by atoms with Crippen LogP contribution in [0.4, 0.5) is 18.9 Å². The SMILES string of the molecule is CC(C)c1ccc(OCCCN2C(=S)N(c3ccc(C#N)c(C(F)(F)F)c3)C(=O)C2(C)C)cc1. The lowest BCUT2D eigenvalue weighted by Gasteiger charge is -2.29. The lowest BCUT2D eigenvalue weighted by molar-refractivity contribution is -0.137. The number of nitrogens with zero attached hydrogens (tertiary/aromatic N) is 3. The van der Waals surface area contributed by atoms with E-state index >= 15 is 0 Å². The highest BCUT2D eigenvalue weighted by molar-refractivity contribution is 7.80. The molecule has 0 aromatic heterocycles. The molecule has 0 atom stereocenters. The van der Waals surface area contributed by atoms with E-state index in [2.05, 4.69) is 13.8 Å². The molecular formula is C25H26F3N3O2S. The first-order valence-corrected chi connectivity index (χ1v) is 11.3. The van der Waals surface area contributed by atoms with Gasteiger partial charge in [-0.25, -0.2) is 0 Å². The smallest absolute Gasteiger partial charge is 0.417 e. The molecule has 2 aromatic carbocycles. The van der Waals surface area contributed by atoms with Gasteiger partial charge in [0.1, 0.15) is 11.3 Å². The van der Waals surface area contributed by atoms with Gasteiger partial charge in [-0.2, -0.15) is 18.4 Å². The molecule has 0 bridgehead atoms. The van der Waals surface area contributed by atoms with Crippen LogP contribution in [0.25, 0.3) is 0 Å². The largest absolute Gasteiger partial charge is 0.494 e. The highest BCUT2D eigenvalue weighted by atomic mass is 32.1. The highest BCUT2D eigenvalue weighted by Gasteiger charge is 2.49. The van der Waals surface area contributed by atoms with Crippen molar-refractivity contribution >= 4 is 28.9 Å². The van der Waals surface area contributed by atoms with Gasteiger partial charge in [0, 0.05) is 6.54 Å². The highest BCUT2D eigenvalue weighted by Crippen LogP contribution is 2.37. The second kappa shape index (κ2) is 9.63. The van der Waals surface area contributed by atoms with E-state index in [1.165, 1.54) is 11.6 Å². The number of hydrogen-bond acceptors (Lipinski definition) is 4. The summed E-state index contributed by atoms with van der Waals surface area (Å²) in [6.45, 7) is 8.37. The first kappa shape index (κ1) is 25.5. The Morgan fingerprint density at radius 2 is 1.79 bits per heavy atom. The van der Waals surface area contributed by atoms with Gasteiger partial charge in [0.15, 0.2) is 5.11 Å². The van der Waals surface area contributed by atoms with Crippen molar-refractivity contribution in [2.24, 2.45) is 0 Å². The number of anilines is 1. The van der Waals surface area contributed by atoms with Crippen molar-refractivity contribution in [3.8, 4) is 11.8 Å². The Labute approximate surface area is 202 Å². The third-order valence-electron chi connectivity index (χ3n) is 5.85. The van der Waals surface area contributed by atoms with E-state index < -0.39 is 28.7 Å². The van der Waals surface area contributed by atoms with Crippen molar-refractivity contribution < 1.29 is 22.7 Å². The number of rotatable bonds is 7. The number of carbonyl (C=O) groups is 1. The Kier molecular flexibility index (Phi) is 7.22. The molecule has 1 aliphatic heterocycles. The fraction of sp³-hybridized carbons (Fsp3) is 0.400. The molecule has 0 unspecified atom stereocenters. The molecule has 1 fully saturated rings. The Morgan fingerprint density at radius 3 is 2.35 bits per heavy atom. The standard InChI is InChI=1S/C25H26F3N3O2S/c1-16(2)17-7-10-20(11-8-17)33-13-5-12-30-23(34)31(22(32)24(30,3)4)19-9-6-18(15-29)21(14-19)25(26,27)28/h6-11,14,16H,5,12-13H2,1-4H3. The van der Waals surface area contributed by atoms with E-state index in [4.69, 9.17) is 22.2 Å². The van der Waals surface area contributed by atoms with Crippen LogP contribution in [-0.2, 0) is 11.0 Å². The van der Waals surface area contributed by atoms with Crippen LogP contribution in [0.1, 0.15) is 56.7 Å². The Bertz CT molecular complexity index is 1120. The van der Waals surface area contributed by atoms with Crippen molar-refractivity contribution in [2.75, 3.05) is 18.1 Å². The fourth-order valence-electron chi connectivity index (χ4n) is 3.80. The summed E-state index contributed by atoms with van der Waals surface area (Å²) in [7, 11) is 0. The van der Waals surface area contributed by atoms with Gasteiger partial charge in [-0.3, -0.25) is 9.69 Å². The Hall–Kier alpha value is -3.12. The minimum Gasteiger partial charge on any atom is -0.494 e. The van der Waals surface area contributed by atoms with E-state index in [1.807, 2.05) is 24.3 Å². The van der Waals surface area contributed by atoms with E-state index in [0.717, 1.165) is 22.8 Å². The minimum absolute atomic E-state index is 0.0154. The van der Waals surface area contributed by atoms with Crippen LogP contribution < -0.4 is 9.64 Å². The first-order chi connectivity index (χ1) is 15.9. The predicted octanol–water partition coefficient (Wildman–Crippen LogP) is 5.88. The number of benzene rings is 2. The second-order valence-corrected chi connectivity index (χ2v) is 9.26. The summed E-state index contributed by atoms with van der Waals surface area (Å²) in [5.41, 5.74) is -1.45. The molecule has 1 saturated heterocycles. The zero-order valence-electron chi connectivity index (χ0n) is 19.4. The molecule has 0 spiro atoms. The molecule has 2 aromatic rings. The maximum Gasteiger partial charge on any atom is 0.417 e. The third kappa shape index (κ3) is 5.02. The maximum atomic E-state index is 13.4. The number of amides is 1. The number of alkyl halides is 3. The van der Waals surface area contributed by atoms with Crippen molar-refractivity contribution in [3.05, 3.63) is 59.2 Å². The van der Waals surface area contributed by atoms with Crippen molar-refractivity contribution in [1.29, 1.82) is 5.26 Å². The number of hydrogen-bond donors (Lipinski definition) is 0. The summed E-state index contributed by atoms with van der Waals surface area (Å²) >= 11 is 5.49. The summed E-state index contributed by atoms with van der Waals surface area (Å²) in [6.07, 6.45) is -4.18. The van der Waals surface area contributed by atoms with Crippen molar-refractivity contribution in [1.82, 2.24) is 4.90 Å². The molecule has 9 heteroatoms. The number of thiocarbonyl (C=S) groups is 1. The van der Waals surface area contributed by atoms with Crippen LogP contribution in [0.15, 0.2) is 42.5 Å². The molecule has 1 amide bonds. The molecule has 0 aliphatic carbocycles. The van der Waals surface area contributed by atoms with Crippen LogP contribution >= 0.6 is 12.2 Å². The van der Waals surface area contributed by atoms with E-state index in [1.54, 1.807) is 24.8 Å². The van der Waals surface area contributed by atoms with Gasteiger partial charge in [0.25, 0.3) is 5.91 Å². The number of ether oxygens (including phenoxy) is 1. The van der Waals surface area contributed by atoms with Crippen LogP contribution in [-0.4, -0.2) is 34.6 Å². The molecule has 0 saturated carbocycles. The monoisotopic (exact) mass is 489 g/mol. The van der Waals surface area contributed by atoms with Crippen LogP contribution in [0, 0.1) is 11.3 Å².